The van der Waals surface area contributed by atoms with Crippen LogP contribution >= 0.6 is 0 Å². The van der Waals surface area contributed by atoms with Crippen molar-refractivity contribution in [3.05, 3.63) is 29.8 Å². The first kappa shape index (κ1) is 12.9. The highest BCUT2D eigenvalue weighted by Gasteiger charge is 2.20. The fourth-order valence-corrected chi connectivity index (χ4v) is 1.94. The first-order valence-corrected chi connectivity index (χ1v) is 7.04. The predicted molar refractivity (Wildman–Crippen MR) is 72.4 cm³/mol. The molecule has 4 heteroatoms. The predicted octanol–water partition coefficient (Wildman–Crippen LogP) is 1.73. The summed E-state index contributed by atoms with van der Waals surface area (Å²) in [6, 6.07) is 9.03. The first-order chi connectivity index (χ1) is 9.40. The summed E-state index contributed by atoms with van der Waals surface area (Å²) < 4.78 is 16.2. The van der Waals surface area contributed by atoms with Crippen LogP contribution in [0.1, 0.15) is 18.4 Å². The molecule has 0 aromatic heterocycles. The van der Waals surface area contributed by atoms with Gasteiger partial charge in [0.1, 0.15) is 18.5 Å². The van der Waals surface area contributed by atoms with Gasteiger partial charge in [0.15, 0.2) is 0 Å². The molecule has 1 aromatic carbocycles. The molecule has 0 bridgehead atoms. The average molecular weight is 263 g/mol. The topological polar surface area (TPSA) is 39.7 Å². The summed E-state index contributed by atoms with van der Waals surface area (Å²) in [6.45, 7) is 3.62. The van der Waals surface area contributed by atoms with Crippen molar-refractivity contribution >= 4 is 0 Å². The van der Waals surface area contributed by atoms with Crippen LogP contribution in [0, 0.1) is 0 Å². The second kappa shape index (κ2) is 6.37. The van der Waals surface area contributed by atoms with Crippen molar-refractivity contribution in [2.24, 2.45) is 0 Å². The molecular formula is C15H21NO3. The van der Waals surface area contributed by atoms with E-state index in [9.17, 15) is 0 Å². The van der Waals surface area contributed by atoms with Gasteiger partial charge in [0.25, 0.3) is 0 Å². The largest absolute Gasteiger partial charge is 0.491 e. The molecule has 4 nitrogen and oxygen atoms in total. The zero-order valence-corrected chi connectivity index (χ0v) is 11.1. The van der Waals surface area contributed by atoms with Gasteiger partial charge >= 0.3 is 0 Å². The average Bonchev–Trinajstić information content (AvgIpc) is 3.19. The summed E-state index contributed by atoms with van der Waals surface area (Å²) in [7, 11) is 0. The monoisotopic (exact) mass is 263 g/mol. The van der Waals surface area contributed by atoms with E-state index in [0.29, 0.717) is 13.2 Å². The fraction of sp³-hybridized carbons (Fsp3) is 0.600. The number of rotatable bonds is 8. The van der Waals surface area contributed by atoms with E-state index in [4.69, 9.17) is 14.2 Å². The van der Waals surface area contributed by atoms with Gasteiger partial charge in [0.2, 0.25) is 0 Å². The van der Waals surface area contributed by atoms with Crippen LogP contribution in [0.2, 0.25) is 0 Å². The summed E-state index contributed by atoms with van der Waals surface area (Å²) in [5.74, 6) is 0.906. The molecule has 1 aliphatic heterocycles. The summed E-state index contributed by atoms with van der Waals surface area (Å²) in [6.07, 6.45) is 2.93. The molecule has 1 heterocycles. The van der Waals surface area contributed by atoms with Gasteiger partial charge in [-0.05, 0) is 30.5 Å². The van der Waals surface area contributed by atoms with Gasteiger partial charge in [-0.1, -0.05) is 12.1 Å². The Morgan fingerprint density at radius 3 is 2.53 bits per heavy atom. The van der Waals surface area contributed by atoms with Crippen molar-refractivity contribution in [3.63, 3.8) is 0 Å². The second-order valence-electron chi connectivity index (χ2n) is 5.18. The van der Waals surface area contributed by atoms with E-state index < -0.39 is 0 Å². The van der Waals surface area contributed by atoms with Gasteiger partial charge < -0.3 is 19.5 Å². The number of ether oxygens (including phenoxy) is 3. The number of hydrogen-bond donors (Lipinski definition) is 1. The molecule has 1 saturated carbocycles. The van der Waals surface area contributed by atoms with E-state index >= 15 is 0 Å². The van der Waals surface area contributed by atoms with Crippen molar-refractivity contribution < 1.29 is 14.2 Å². The lowest BCUT2D eigenvalue weighted by molar-refractivity contribution is -0.132. The van der Waals surface area contributed by atoms with Gasteiger partial charge in [0.05, 0.1) is 19.8 Å². The fourth-order valence-electron chi connectivity index (χ4n) is 1.94. The molecule has 2 aliphatic rings. The van der Waals surface area contributed by atoms with E-state index in [0.717, 1.165) is 31.5 Å². The highest BCUT2D eigenvalue weighted by molar-refractivity contribution is 5.27. The molecule has 0 amide bonds. The lowest BCUT2D eigenvalue weighted by Crippen LogP contribution is -2.37. The van der Waals surface area contributed by atoms with Gasteiger partial charge in [-0.15, -0.1) is 0 Å². The third-order valence-corrected chi connectivity index (χ3v) is 3.41. The van der Waals surface area contributed by atoms with Crippen LogP contribution in [0.25, 0.3) is 0 Å². The Bertz CT molecular complexity index is 385. The molecule has 0 atom stereocenters. The van der Waals surface area contributed by atoms with Crippen molar-refractivity contribution in [3.8, 4) is 5.75 Å². The molecule has 104 valence electrons. The third-order valence-electron chi connectivity index (χ3n) is 3.41. The summed E-state index contributed by atoms with van der Waals surface area (Å²) in [5, 5.41) is 3.50. The molecule has 1 N–H and O–H groups in total. The van der Waals surface area contributed by atoms with Crippen LogP contribution in [-0.4, -0.2) is 38.6 Å². The molecule has 19 heavy (non-hydrogen) atoms. The van der Waals surface area contributed by atoms with Crippen molar-refractivity contribution in [2.45, 2.75) is 31.5 Å². The quantitative estimate of drug-likeness (QED) is 0.725. The summed E-state index contributed by atoms with van der Waals surface area (Å²) >= 11 is 0. The normalized spacial score (nSPS) is 19.2. The lowest BCUT2D eigenvalue weighted by atomic mass is 10.2. The smallest absolute Gasteiger partial charge is 0.119 e. The zero-order chi connectivity index (χ0) is 12.9. The second-order valence-corrected chi connectivity index (χ2v) is 5.18. The van der Waals surface area contributed by atoms with E-state index in [-0.39, 0.29) is 6.10 Å². The molecule has 1 aromatic rings. The van der Waals surface area contributed by atoms with Crippen LogP contribution in [0.5, 0.6) is 5.75 Å². The van der Waals surface area contributed by atoms with Gasteiger partial charge in [-0.25, -0.2) is 0 Å². The Hall–Kier alpha value is -1.10. The Labute approximate surface area is 114 Å². The lowest BCUT2D eigenvalue weighted by Gasteiger charge is -2.25. The minimum absolute atomic E-state index is 0.277. The Morgan fingerprint density at radius 1 is 1.11 bits per heavy atom. The van der Waals surface area contributed by atoms with Crippen molar-refractivity contribution in [1.29, 1.82) is 0 Å². The Morgan fingerprint density at radius 2 is 1.89 bits per heavy atom. The number of hydrogen-bond acceptors (Lipinski definition) is 4. The van der Waals surface area contributed by atoms with E-state index in [1.807, 2.05) is 12.1 Å². The molecular weight excluding hydrogens is 242 g/mol. The molecule has 1 aliphatic carbocycles. The Balaban J connectivity index is 1.33. The van der Waals surface area contributed by atoms with Crippen molar-refractivity contribution in [2.75, 3.05) is 26.4 Å². The van der Waals surface area contributed by atoms with Crippen LogP contribution in [-0.2, 0) is 16.0 Å². The van der Waals surface area contributed by atoms with Crippen LogP contribution in [0.4, 0.5) is 0 Å². The van der Waals surface area contributed by atoms with Gasteiger partial charge in [-0.3, -0.25) is 0 Å². The van der Waals surface area contributed by atoms with E-state index in [1.54, 1.807) is 0 Å². The van der Waals surface area contributed by atoms with Gasteiger partial charge in [-0.2, -0.15) is 0 Å². The molecule has 0 spiro atoms. The molecule has 0 unspecified atom stereocenters. The minimum atomic E-state index is 0.277. The van der Waals surface area contributed by atoms with Gasteiger partial charge in [0, 0.05) is 12.6 Å². The molecule has 1 saturated heterocycles. The third kappa shape index (κ3) is 4.20. The minimum Gasteiger partial charge on any atom is -0.491 e. The van der Waals surface area contributed by atoms with Crippen LogP contribution in [0.15, 0.2) is 24.3 Å². The zero-order valence-electron chi connectivity index (χ0n) is 11.1. The standard InChI is InChI=1S/C15H21NO3/c1-5-14(18-7-8-19-15-10-17-11-15)6-2-12(1)9-16-13-3-4-13/h1-2,5-6,13,15-16H,3-4,7-11H2. The maximum atomic E-state index is 5.63. The van der Waals surface area contributed by atoms with Crippen LogP contribution < -0.4 is 10.1 Å². The molecule has 0 radical (unpaired) electrons. The molecule has 3 rings (SSSR count). The van der Waals surface area contributed by atoms with E-state index in [1.165, 1.54) is 18.4 Å². The molecule has 2 fully saturated rings. The highest BCUT2D eigenvalue weighted by atomic mass is 16.6. The highest BCUT2D eigenvalue weighted by Crippen LogP contribution is 2.20. The number of benzene rings is 1. The number of nitrogens with one attached hydrogen (secondary N) is 1. The maximum Gasteiger partial charge on any atom is 0.119 e. The van der Waals surface area contributed by atoms with Crippen LogP contribution in [0.3, 0.4) is 0 Å². The summed E-state index contributed by atoms with van der Waals surface area (Å²) in [5.41, 5.74) is 1.31. The van der Waals surface area contributed by atoms with Crippen molar-refractivity contribution in [1.82, 2.24) is 5.32 Å². The summed E-state index contributed by atoms with van der Waals surface area (Å²) in [4.78, 5) is 0. The van der Waals surface area contributed by atoms with E-state index in [2.05, 4.69) is 17.4 Å². The SMILES string of the molecule is c1cc(OCCOC2COC2)ccc1CNC1CC1. The first-order valence-electron chi connectivity index (χ1n) is 7.04. The maximum absolute atomic E-state index is 5.63. The Kier molecular flexibility index (Phi) is 4.33.